The zero-order chi connectivity index (χ0) is 11.5. The molecule has 4 nitrogen and oxygen atoms in total. The van der Waals surface area contributed by atoms with Crippen molar-refractivity contribution < 1.29 is 9.90 Å². The highest BCUT2D eigenvalue weighted by Crippen LogP contribution is 2.32. The van der Waals surface area contributed by atoms with Crippen LogP contribution in [0.2, 0.25) is 0 Å². The van der Waals surface area contributed by atoms with Crippen LogP contribution in [-0.2, 0) is 0 Å². The third-order valence-electron chi connectivity index (χ3n) is 3.70. The van der Waals surface area contributed by atoms with E-state index >= 15 is 0 Å². The zero-order valence-electron chi connectivity index (χ0n) is 9.98. The molecule has 1 saturated heterocycles. The minimum atomic E-state index is -0.340. The first-order chi connectivity index (χ1) is 7.66. The van der Waals surface area contributed by atoms with Crippen LogP contribution in [0.15, 0.2) is 0 Å². The maximum absolute atomic E-state index is 11.8. The van der Waals surface area contributed by atoms with Crippen molar-refractivity contribution in [3.8, 4) is 0 Å². The van der Waals surface area contributed by atoms with Crippen molar-refractivity contribution in [3.05, 3.63) is 0 Å². The third kappa shape index (κ3) is 3.11. The predicted molar refractivity (Wildman–Crippen MR) is 62.1 cm³/mol. The predicted octanol–water partition coefficient (Wildman–Crippen LogP) is 1.20. The van der Waals surface area contributed by atoms with Crippen molar-refractivity contribution in [2.75, 3.05) is 19.6 Å². The smallest absolute Gasteiger partial charge is 0.317 e. The molecule has 0 spiro atoms. The quantitative estimate of drug-likeness (QED) is 0.759. The van der Waals surface area contributed by atoms with Crippen LogP contribution >= 0.6 is 0 Å². The molecule has 0 radical (unpaired) electrons. The van der Waals surface area contributed by atoms with Gasteiger partial charge >= 0.3 is 6.03 Å². The number of aliphatic hydroxyl groups excluding tert-OH is 1. The molecule has 1 saturated carbocycles. The third-order valence-corrected chi connectivity index (χ3v) is 3.70. The molecule has 2 aliphatic rings. The molecule has 1 aliphatic heterocycles. The number of amides is 2. The van der Waals surface area contributed by atoms with Gasteiger partial charge in [-0.05, 0) is 37.5 Å². The monoisotopic (exact) mass is 226 g/mol. The van der Waals surface area contributed by atoms with Crippen LogP contribution in [-0.4, -0.2) is 41.8 Å². The molecule has 0 aromatic carbocycles. The molecule has 0 bridgehead atoms. The SMILES string of the molecule is CC1CCN(C(=O)NCC(O)C2CC2)CC1. The molecule has 2 N–H and O–H groups in total. The summed E-state index contributed by atoms with van der Waals surface area (Å²) in [7, 11) is 0. The number of hydrogen-bond acceptors (Lipinski definition) is 2. The Bertz CT molecular complexity index is 245. The lowest BCUT2D eigenvalue weighted by Gasteiger charge is -2.30. The van der Waals surface area contributed by atoms with Crippen LogP contribution in [0, 0.1) is 11.8 Å². The van der Waals surface area contributed by atoms with Crippen molar-refractivity contribution in [1.82, 2.24) is 10.2 Å². The van der Waals surface area contributed by atoms with E-state index in [9.17, 15) is 9.90 Å². The lowest BCUT2D eigenvalue weighted by atomic mass is 10.00. The Morgan fingerprint density at radius 2 is 2.00 bits per heavy atom. The minimum absolute atomic E-state index is 0.00778. The fraction of sp³-hybridized carbons (Fsp3) is 0.917. The Morgan fingerprint density at radius 3 is 2.56 bits per heavy atom. The normalized spacial score (nSPS) is 24.2. The molecule has 1 heterocycles. The summed E-state index contributed by atoms with van der Waals surface area (Å²) in [5.41, 5.74) is 0. The first-order valence-corrected chi connectivity index (χ1v) is 6.37. The van der Waals surface area contributed by atoms with Crippen molar-refractivity contribution >= 4 is 6.03 Å². The molecule has 0 aromatic heterocycles. The van der Waals surface area contributed by atoms with E-state index in [1.807, 2.05) is 4.90 Å². The van der Waals surface area contributed by atoms with E-state index in [2.05, 4.69) is 12.2 Å². The van der Waals surface area contributed by atoms with Crippen molar-refractivity contribution in [1.29, 1.82) is 0 Å². The van der Waals surface area contributed by atoms with Gasteiger partial charge in [-0.1, -0.05) is 6.92 Å². The number of piperidine rings is 1. The summed E-state index contributed by atoms with van der Waals surface area (Å²) in [4.78, 5) is 13.6. The number of aliphatic hydroxyl groups is 1. The Hall–Kier alpha value is -0.770. The number of nitrogens with zero attached hydrogens (tertiary/aromatic N) is 1. The molecule has 2 amide bonds. The van der Waals surface area contributed by atoms with Crippen molar-refractivity contribution in [2.45, 2.75) is 38.7 Å². The molecular weight excluding hydrogens is 204 g/mol. The standard InChI is InChI=1S/C12H22N2O2/c1-9-4-6-14(7-5-9)12(16)13-8-11(15)10-2-3-10/h9-11,15H,2-8H2,1H3,(H,13,16). The molecular formula is C12H22N2O2. The molecule has 1 unspecified atom stereocenters. The van der Waals surface area contributed by atoms with Gasteiger partial charge in [-0.2, -0.15) is 0 Å². The van der Waals surface area contributed by atoms with Crippen LogP contribution in [0.3, 0.4) is 0 Å². The van der Waals surface area contributed by atoms with E-state index in [-0.39, 0.29) is 12.1 Å². The topological polar surface area (TPSA) is 52.6 Å². The first kappa shape index (κ1) is 11.7. The highest BCUT2D eigenvalue weighted by atomic mass is 16.3. The van der Waals surface area contributed by atoms with Crippen molar-refractivity contribution in [2.24, 2.45) is 11.8 Å². The van der Waals surface area contributed by atoms with Gasteiger partial charge in [0.2, 0.25) is 0 Å². The van der Waals surface area contributed by atoms with Crippen LogP contribution in [0.25, 0.3) is 0 Å². The molecule has 2 fully saturated rings. The molecule has 4 heteroatoms. The summed E-state index contributed by atoms with van der Waals surface area (Å²) in [5, 5.41) is 12.5. The number of carbonyl (C=O) groups is 1. The van der Waals surface area contributed by atoms with E-state index in [1.54, 1.807) is 0 Å². The van der Waals surface area contributed by atoms with Gasteiger partial charge in [0, 0.05) is 19.6 Å². The first-order valence-electron chi connectivity index (χ1n) is 6.37. The summed E-state index contributed by atoms with van der Waals surface area (Å²) in [6.45, 7) is 4.35. The van der Waals surface area contributed by atoms with Crippen molar-refractivity contribution in [3.63, 3.8) is 0 Å². The Morgan fingerprint density at radius 1 is 1.38 bits per heavy atom. The maximum atomic E-state index is 11.8. The van der Waals surface area contributed by atoms with E-state index in [0.717, 1.165) is 44.7 Å². The molecule has 1 aliphatic carbocycles. The second-order valence-corrected chi connectivity index (χ2v) is 5.26. The fourth-order valence-electron chi connectivity index (χ4n) is 2.16. The summed E-state index contributed by atoms with van der Waals surface area (Å²) in [6, 6.07) is -0.00778. The lowest BCUT2D eigenvalue weighted by molar-refractivity contribution is 0.137. The Labute approximate surface area is 97.0 Å². The number of hydrogen-bond donors (Lipinski definition) is 2. The highest BCUT2D eigenvalue weighted by molar-refractivity contribution is 5.74. The zero-order valence-corrected chi connectivity index (χ0v) is 9.98. The van der Waals surface area contributed by atoms with Gasteiger partial charge in [-0.25, -0.2) is 4.79 Å². The number of nitrogens with one attached hydrogen (secondary N) is 1. The van der Waals surface area contributed by atoms with Crippen LogP contribution < -0.4 is 5.32 Å². The molecule has 1 atom stereocenters. The van der Waals surface area contributed by atoms with E-state index in [4.69, 9.17) is 0 Å². The maximum Gasteiger partial charge on any atom is 0.317 e. The van der Waals surface area contributed by atoms with Gasteiger partial charge in [-0.3, -0.25) is 0 Å². The van der Waals surface area contributed by atoms with Gasteiger partial charge < -0.3 is 15.3 Å². The van der Waals surface area contributed by atoms with E-state index < -0.39 is 0 Å². The molecule has 0 aromatic rings. The van der Waals surface area contributed by atoms with Gasteiger partial charge in [-0.15, -0.1) is 0 Å². The fourth-order valence-corrected chi connectivity index (χ4v) is 2.16. The molecule has 92 valence electrons. The number of likely N-dealkylation sites (tertiary alicyclic amines) is 1. The largest absolute Gasteiger partial charge is 0.391 e. The van der Waals surface area contributed by atoms with Gasteiger partial charge in [0.15, 0.2) is 0 Å². The summed E-state index contributed by atoms with van der Waals surface area (Å²) < 4.78 is 0. The minimum Gasteiger partial charge on any atom is -0.391 e. The second-order valence-electron chi connectivity index (χ2n) is 5.26. The van der Waals surface area contributed by atoms with Crippen LogP contribution in [0.4, 0.5) is 4.79 Å². The summed E-state index contributed by atoms with van der Waals surface area (Å²) in [6.07, 6.45) is 4.07. The van der Waals surface area contributed by atoms with Crippen LogP contribution in [0.1, 0.15) is 32.6 Å². The van der Waals surface area contributed by atoms with E-state index in [0.29, 0.717) is 12.5 Å². The second kappa shape index (κ2) is 5.04. The molecule has 2 rings (SSSR count). The summed E-state index contributed by atoms with van der Waals surface area (Å²) >= 11 is 0. The average Bonchev–Trinajstić information content (AvgIpc) is 3.10. The highest BCUT2D eigenvalue weighted by Gasteiger charge is 2.30. The van der Waals surface area contributed by atoms with Gasteiger partial charge in [0.25, 0.3) is 0 Å². The Kier molecular flexibility index (Phi) is 3.69. The van der Waals surface area contributed by atoms with Gasteiger partial charge in [0.1, 0.15) is 0 Å². The number of urea groups is 1. The Balaban J connectivity index is 1.66. The average molecular weight is 226 g/mol. The van der Waals surface area contributed by atoms with E-state index in [1.165, 1.54) is 0 Å². The van der Waals surface area contributed by atoms with Crippen LogP contribution in [0.5, 0.6) is 0 Å². The number of carbonyl (C=O) groups excluding carboxylic acids is 1. The summed E-state index contributed by atoms with van der Waals surface area (Å²) in [5.74, 6) is 1.17. The lowest BCUT2D eigenvalue weighted by Crippen LogP contribution is -2.46. The molecule has 16 heavy (non-hydrogen) atoms. The van der Waals surface area contributed by atoms with Gasteiger partial charge in [0.05, 0.1) is 6.10 Å². The number of rotatable bonds is 3.